The molecule has 0 aliphatic rings. The Hall–Kier alpha value is -1.36. The highest BCUT2D eigenvalue weighted by molar-refractivity contribution is 6.33. The van der Waals surface area contributed by atoms with Crippen LogP contribution >= 0.6 is 11.6 Å². The lowest BCUT2D eigenvalue weighted by Crippen LogP contribution is -2.07. The lowest BCUT2D eigenvalue weighted by Gasteiger charge is -2.11. The first-order chi connectivity index (χ1) is 7.41. The standard InChI is InChI=1S/C10H9ClF2O3/c1-5-2-3-7(16-10(12)13)9(11)6(5)4-8(14)15/h2-3,10H,4H2,1H3,(H,14,15). The van der Waals surface area contributed by atoms with Gasteiger partial charge in [0.05, 0.1) is 11.4 Å². The summed E-state index contributed by atoms with van der Waals surface area (Å²) in [5, 5.41) is 8.56. The first kappa shape index (κ1) is 12.7. The first-order valence-electron chi connectivity index (χ1n) is 4.36. The Morgan fingerprint density at radius 3 is 2.69 bits per heavy atom. The number of alkyl halides is 2. The molecule has 1 rings (SSSR count). The molecular formula is C10H9ClF2O3. The van der Waals surface area contributed by atoms with Gasteiger partial charge in [-0.3, -0.25) is 4.79 Å². The highest BCUT2D eigenvalue weighted by atomic mass is 35.5. The molecule has 0 heterocycles. The minimum Gasteiger partial charge on any atom is -0.481 e. The summed E-state index contributed by atoms with van der Waals surface area (Å²) in [6.07, 6.45) is -0.328. The van der Waals surface area contributed by atoms with Crippen LogP contribution in [0.2, 0.25) is 5.02 Å². The van der Waals surface area contributed by atoms with E-state index in [1.807, 2.05) is 0 Å². The summed E-state index contributed by atoms with van der Waals surface area (Å²) in [5.74, 6) is -1.29. The number of ether oxygens (including phenoxy) is 1. The lowest BCUT2D eigenvalue weighted by molar-refractivity contribution is -0.136. The number of carboxylic acids is 1. The number of carbonyl (C=O) groups is 1. The molecule has 6 heteroatoms. The van der Waals surface area contributed by atoms with E-state index in [0.717, 1.165) is 0 Å². The first-order valence-corrected chi connectivity index (χ1v) is 4.74. The van der Waals surface area contributed by atoms with Crippen LogP contribution in [0.1, 0.15) is 11.1 Å². The zero-order valence-corrected chi connectivity index (χ0v) is 9.09. The fourth-order valence-corrected chi connectivity index (χ4v) is 1.57. The van der Waals surface area contributed by atoms with Gasteiger partial charge in [0.2, 0.25) is 0 Å². The predicted molar refractivity (Wildman–Crippen MR) is 54.2 cm³/mol. The van der Waals surface area contributed by atoms with E-state index in [4.69, 9.17) is 16.7 Å². The highest BCUT2D eigenvalue weighted by Crippen LogP contribution is 2.32. The predicted octanol–water partition coefficient (Wildman–Crippen LogP) is 2.88. The minimum absolute atomic E-state index is 0.0808. The second-order valence-corrected chi connectivity index (χ2v) is 3.50. The monoisotopic (exact) mass is 250 g/mol. The molecule has 0 aliphatic carbocycles. The average Bonchev–Trinajstić information content (AvgIpc) is 2.16. The van der Waals surface area contributed by atoms with Crippen molar-refractivity contribution in [1.82, 2.24) is 0 Å². The third kappa shape index (κ3) is 3.06. The number of aryl methyl sites for hydroxylation is 1. The molecule has 16 heavy (non-hydrogen) atoms. The molecule has 3 nitrogen and oxygen atoms in total. The Bertz CT molecular complexity index is 407. The van der Waals surface area contributed by atoms with E-state index in [-0.39, 0.29) is 22.8 Å². The van der Waals surface area contributed by atoms with Crippen LogP contribution in [-0.2, 0) is 11.2 Å². The van der Waals surface area contributed by atoms with Gasteiger partial charge in [-0.2, -0.15) is 8.78 Å². The molecule has 1 aromatic carbocycles. The van der Waals surface area contributed by atoms with E-state index in [0.29, 0.717) is 5.56 Å². The fraction of sp³-hybridized carbons (Fsp3) is 0.300. The van der Waals surface area contributed by atoms with Crippen molar-refractivity contribution in [3.05, 3.63) is 28.3 Å². The molecular weight excluding hydrogens is 242 g/mol. The van der Waals surface area contributed by atoms with Crippen molar-refractivity contribution in [3.63, 3.8) is 0 Å². The minimum atomic E-state index is -2.99. The molecule has 88 valence electrons. The van der Waals surface area contributed by atoms with Gasteiger partial charge in [-0.05, 0) is 24.1 Å². The van der Waals surface area contributed by atoms with Gasteiger partial charge in [0.25, 0.3) is 0 Å². The van der Waals surface area contributed by atoms with Crippen LogP contribution < -0.4 is 4.74 Å². The molecule has 0 atom stereocenters. The molecule has 0 saturated carbocycles. The zero-order chi connectivity index (χ0) is 12.3. The van der Waals surface area contributed by atoms with Gasteiger partial charge in [0.1, 0.15) is 5.75 Å². The molecule has 1 aromatic rings. The maximum Gasteiger partial charge on any atom is 0.387 e. The van der Waals surface area contributed by atoms with Gasteiger partial charge in [0, 0.05) is 0 Å². The number of benzene rings is 1. The van der Waals surface area contributed by atoms with Gasteiger partial charge in [-0.15, -0.1) is 0 Å². The Kier molecular flexibility index (Phi) is 4.06. The van der Waals surface area contributed by atoms with E-state index in [1.165, 1.54) is 12.1 Å². The molecule has 0 amide bonds. The van der Waals surface area contributed by atoms with Crippen LogP contribution in [0, 0.1) is 6.92 Å². The van der Waals surface area contributed by atoms with E-state index in [1.54, 1.807) is 6.92 Å². The summed E-state index contributed by atoms with van der Waals surface area (Å²) < 4.78 is 28.2. The van der Waals surface area contributed by atoms with E-state index in [2.05, 4.69) is 4.74 Å². The largest absolute Gasteiger partial charge is 0.481 e. The van der Waals surface area contributed by atoms with Crippen molar-refractivity contribution >= 4 is 17.6 Å². The third-order valence-corrected chi connectivity index (χ3v) is 2.40. The molecule has 0 unspecified atom stereocenters. The number of hydrogen-bond donors (Lipinski definition) is 1. The molecule has 0 aromatic heterocycles. The van der Waals surface area contributed by atoms with E-state index >= 15 is 0 Å². The molecule has 1 N–H and O–H groups in total. The topological polar surface area (TPSA) is 46.5 Å². The maximum absolute atomic E-state index is 12.0. The van der Waals surface area contributed by atoms with Crippen LogP contribution in [0.15, 0.2) is 12.1 Å². The van der Waals surface area contributed by atoms with Crippen molar-refractivity contribution in [2.24, 2.45) is 0 Å². The van der Waals surface area contributed by atoms with Gasteiger partial charge in [-0.1, -0.05) is 17.7 Å². The Labute approximate surface area is 95.6 Å². The molecule has 0 aliphatic heterocycles. The Morgan fingerprint density at radius 1 is 1.56 bits per heavy atom. The quantitative estimate of drug-likeness (QED) is 0.894. The second-order valence-electron chi connectivity index (χ2n) is 3.12. The smallest absolute Gasteiger partial charge is 0.387 e. The van der Waals surface area contributed by atoms with Crippen molar-refractivity contribution in [2.75, 3.05) is 0 Å². The number of aliphatic carboxylic acids is 1. The Morgan fingerprint density at radius 2 is 2.19 bits per heavy atom. The van der Waals surface area contributed by atoms with Gasteiger partial charge >= 0.3 is 12.6 Å². The molecule has 0 bridgehead atoms. The van der Waals surface area contributed by atoms with Gasteiger partial charge in [-0.25, -0.2) is 0 Å². The molecule has 0 radical (unpaired) electrons. The van der Waals surface area contributed by atoms with Crippen LogP contribution in [0.4, 0.5) is 8.78 Å². The van der Waals surface area contributed by atoms with E-state index < -0.39 is 12.6 Å². The summed E-state index contributed by atoms with van der Waals surface area (Å²) in [6, 6.07) is 2.77. The normalized spacial score (nSPS) is 10.6. The molecule has 0 spiro atoms. The summed E-state index contributed by atoms with van der Waals surface area (Å²) >= 11 is 5.78. The number of halogens is 3. The average molecular weight is 251 g/mol. The van der Waals surface area contributed by atoms with Gasteiger partial charge < -0.3 is 9.84 Å². The Balaban J connectivity index is 3.10. The summed E-state index contributed by atoms with van der Waals surface area (Å²) in [4.78, 5) is 10.6. The van der Waals surface area contributed by atoms with Crippen LogP contribution in [0.25, 0.3) is 0 Å². The van der Waals surface area contributed by atoms with Crippen LogP contribution in [0.3, 0.4) is 0 Å². The molecule has 0 fully saturated rings. The van der Waals surface area contributed by atoms with Crippen LogP contribution in [-0.4, -0.2) is 17.7 Å². The van der Waals surface area contributed by atoms with Crippen LogP contribution in [0.5, 0.6) is 5.75 Å². The molecule has 0 saturated heterocycles. The summed E-state index contributed by atoms with van der Waals surface area (Å²) in [7, 11) is 0. The lowest BCUT2D eigenvalue weighted by atomic mass is 10.1. The highest BCUT2D eigenvalue weighted by Gasteiger charge is 2.15. The van der Waals surface area contributed by atoms with Crippen molar-refractivity contribution in [3.8, 4) is 5.75 Å². The van der Waals surface area contributed by atoms with Crippen molar-refractivity contribution in [2.45, 2.75) is 20.0 Å². The number of hydrogen-bond acceptors (Lipinski definition) is 2. The number of rotatable bonds is 4. The third-order valence-electron chi connectivity index (χ3n) is 1.99. The van der Waals surface area contributed by atoms with Crippen molar-refractivity contribution < 1.29 is 23.4 Å². The van der Waals surface area contributed by atoms with Crippen molar-refractivity contribution in [1.29, 1.82) is 0 Å². The zero-order valence-electron chi connectivity index (χ0n) is 8.34. The summed E-state index contributed by atoms with van der Waals surface area (Å²) in [6.45, 7) is -1.34. The van der Waals surface area contributed by atoms with Gasteiger partial charge in [0.15, 0.2) is 0 Å². The second kappa shape index (κ2) is 5.12. The number of carboxylic acid groups (broad SMARTS) is 1. The fourth-order valence-electron chi connectivity index (χ4n) is 1.25. The van der Waals surface area contributed by atoms with E-state index in [9.17, 15) is 13.6 Å². The maximum atomic E-state index is 12.0. The summed E-state index contributed by atoms with van der Waals surface area (Å²) in [5.41, 5.74) is 0.904. The SMILES string of the molecule is Cc1ccc(OC(F)F)c(Cl)c1CC(=O)O.